The fourth-order valence-electron chi connectivity index (χ4n) is 3.39. The quantitative estimate of drug-likeness (QED) is 0.677. The Balaban J connectivity index is 1.95. The van der Waals surface area contributed by atoms with Gasteiger partial charge in [0.05, 0.1) is 29.8 Å². The Bertz CT molecular complexity index is 881. The van der Waals surface area contributed by atoms with Gasteiger partial charge in [0.15, 0.2) is 9.84 Å². The van der Waals surface area contributed by atoms with Crippen molar-refractivity contribution in [3.8, 4) is 0 Å². The molecular weight excluding hydrogens is 354 g/mol. The van der Waals surface area contributed by atoms with E-state index in [0.29, 0.717) is 5.69 Å². The summed E-state index contributed by atoms with van der Waals surface area (Å²) in [7, 11) is -6.93. The second kappa shape index (κ2) is 5.78. The summed E-state index contributed by atoms with van der Waals surface area (Å²) >= 11 is 0. The van der Waals surface area contributed by atoms with Gasteiger partial charge in [-0.1, -0.05) is 6.07 Å². The largest absolute Gasteiger partial charge is 0.330 e. The smallest absolute Gasteiger partial charge is 0.272 e. The first-order chi connectivity index (χ1) is 11.1. The highest BCUT2D eigenvalue weighted by Gasteiger charge is 2.50. The van der Waals surface area contributed by atoms with Crippen LogP contribution in [-0.4, -0.2) is 79.9 Å². The van der Waals surface area contributed by atoms with E-state index in [9.17, 15) is 21.6 Å². The highest BCUT2D eigenvalue weighted by molar-refractivity contribution is 7.92. The SMILES string of the molecule is Cc1cccc(C(=O)N2CCN(S(C)(=O)=O)[C@@H]3CS(=O)(=O)C[C@@H]32)n1. The van der Waals surface area contributed by atoms with Gasteiger partial charge in [0.1, 0.15) is 5.69 Å². The van der Waals surface area contributed by atoms with Crippen molar-refractivity contribution in [2.45, 2.75) is 19.0 Å². The molecule has 8 nitrogen and oxygen atoms in total. The number of hydrogen-bond acceptors (Lipinski definition) is 6. The molecule has 3 heterocycles. The number of carbonyl (C=O) groups excluding carboxylic acids is 1. The van der Waals surface area contributed by atoms with Gasteiger partial charge in [0.2, 0.25) is 10.0 Å². The highest BCUT2D eigenvalue weighted by atomic mass is 32.2. The number of aromatic nitrogens is 1. The molecule has 0 aliphatic carbocycles. The van der Waals surface area contributed by atoms with Crippen molar-refractivity contribution in [1.82, 2.24) is 14.2 Å². The van der Waals surface area contributed by atoms with Gasteiger partial charge in [-0.2, -0.15) is 4.31 Å². The van der Waals surface area contributed by atoms with Crippen LogP contribution < -0.4 is 0 Å². The molecule has 0 aromatic carbocycles. The lowest BCUT2D eigenvalue weighted by Crippen LogP contribution is -2.61. The normalized spacial score (nSPS) is 27.0. The van der Waals surface area contributed by atoms with Gasteiger partial charge in [-0.15, -0.1) is 0 Å². The topological polar surface area (TPSA) is 105 Å². The Kier molecular flexibility index (Phi) is 4.17. The van der Waals surface area contributed by atoms with Gasteiger partial charge in [-0.25, -0.2) is 21.8 Å². The van der Waals surface area contributed by atoms with E-state index in [2.05, 4.69) is 4.98 Å². The second-order valence-corrected chi connectivity index (χ2v) is 10.3. The maximum Gasteiger partial charge on any atom is 0.272 e. The first kappa shape index (κ1) is 17.3. The number of fused-ring (bicyclic) bond motifs is 1. The molecule has 10 heteroatoms. The van der Waals surface area contributed by atoms with E-state index in [4.69, 9.17) is 0 Å². The molecule has 1 aromatic rings. The number of amides is 1. The van der Waals surface area contributed by atoms with Crippen molar-refractivity contribution in [2.75, 3.05) is 30.9 Å². The molecule has 2 fully saturated rings. The van der Waals surface area contributed by atoms with Gasteiger partial charge < -0.3 is 4.90 Å². The van der Waals surface area contributed by atoms with Crippen LogP contribution in [-0.2, 0) is 19.9 Å². The molecular formula is C14H19N3O5S2. The third-order valence-electron chi connectivity index (χ3n) is 4.42. The summed E-state index contributed by atoms with van der Waals surface area (Å²) in [6.07, 6.45) is 1.06. The summed E-state index contributed by atoms with van der Waals surface area (Å²) in [6.45, 7) is 2.01. The van der Waals surface area contributed by atoms with Crippen LogP contribution in [0.5, 0.6) is 0 Å². The highest BCUT2D eigenvalue weighted by Crippen LogP contribution is 2.29. The van der Waals surface area contributed by atoms with E-state index in [1.54, 1.807) is 25.1 Å². The minimum absolute atomic E-state index is 0.0904. The monoisotopic (exact) mass is 373 g/mol. The molecule has 24 heavy (non-hydrogen) atoms. The van der Waals surface area contributed by atoms with Crippen LogP contribution in [0.3, 0.4) is 0 Å². The van der Waals surface area contributed by atoms with E-state index in [0.717, 1.165) is 6.26 Å². The molecule has 1 amide bonds. The third-order valence-corrected chi connectivity index (χ3v) is 7.42. The molecule has 0 N–H and O–H groups in total. The van der Waals surface area contributed by atoms with Crippen LogP contribution in [0.25, 0.3) is 0 Å². The van der Waals surface area contributed by atoms with Gasteiger partial charge in [0.25, 0.3) is 5.91 Å². The van der Waals surface area contributed by atoms with Crippen LogP contribution >= 0.6 is 0 Å². The Hall–Kier alpha value is -1.52. The zero-order valence-electron chi connectivity index (χ0n) is 13.4. The predicted octanol–water partition coefficient (Wildman–Crippen LogP) is -0.727. The van der Waals surface area contributed by atoms with Crippen LogP contribution in [0.4, 0.5) is 0 Å². The van der Waals surface area contributed by atoms with Gasteiger partial charge in [-0.3, -0.25) is 4.79 Å². The van der Waals surface area contributed by atoms with E-state index >= 15 is 0 Å². The van der Waals surface area contributed by atoms with Crippen molar-refractivity contribution < 1.29 is 21.6 Å². The fourth-order valence-corrected chi connectivity index (χ4v) is 6.59. The molecule has 1 aromatic heterocycles. The van der Waals surface area contributed by atoms with Crippen molar-refractivity contribution >= 4 is 25.8 Å². The number of hydrogen-bond donors (Lipinski definition) is 0. The summed E-state index contributed by atoms with van der Waals surface area (Å²) < 4.78 is 49.2. The zero-order chi connectivity index (χ0) is 17.7. The molecule has 2 atom stereocenters. The fraction of sp³-hybridized carbons (Fsp3) is 0.571. The van der Waals surface area contributed by atoms with Crippen LogP contribution in [0.15, 0.2) is 18.2 Å². The molecule has 2 aliphatic heterocycles. The molecule has 2 saturated heterocycles. The van der Waals surface area contributed by atoms with Crippen molar-refractivity contribution in [1.29, 1.82) is 0 Å². The lowest BCUT2D eigenvalue weighted by molar-refractivity contribution is 0.0510. The summed E-state index contributed by atoms with van der Waals surface area (Å²) in [5, 5.41) is 0. The number of sulfone groups is 1. The minimum atomic E-state index is -3.54. The Morgan fingerprint density at radius 2 is 1.88 bits per heavy atom. The number of pyridine rings is 1. The maximum atomic E-state index is 12.8. The second-order valence-electron chi connectivity index (χ2n) is 6.25. The van der Waals surface area contributed by atoms with Crippen LogP contribution in [0.1, 0.15) is 16.2 Å². The number of aryl methyl sites for hydroxylation is 1. The summed E-state index contributed by atoms with van der Waals surface area (Å²) in [6, 6.07) is 3.66. The minimum Gasteiger partial charge on any atom is -0.330 e. The van der Waals surface area contributed by atoms with E-state index in [1.807, 2.05) is 0 Å². The number of nitrogens with zero attached hydrogens (tertiary/aromatic N) is 3. The molecule has 0 saturated carbocycles. The first-order valence-electron chi connectivity index (χ1n) is 7.50. The molecule has 0 unspecified atom stereocenters. The summed E-state index contributed by atoms with van der Waals surface area (Å²) in [4.78, 5) is 18.4. The van der Waals surface area contributed by atoms with Gasteiger partial charge in [-0.05, 0) is 19.1 Å². The van der Waals surface area contributed by atoms with Crippen molar-refractivity contribution in [3.63, 3.8) is 0 Å². The molecule has 2 aliphatic rings. The number of carbonyl (C=O) groups is 1. The van der Waals surface area contributed by atoms with Crippen molar-refractivity contribution in [2.24, 2.45) is 0 Å². The summed E-state index contributed by atoms with van der Waals surface area (Å²) in [5.74, 6) is -0.837. The first-order valence-corrected chi connectivity index (χ1v) is 11.2. The number of piperazine rings is 1. The average molecular weight is 373 g/mol. The number of rotatable bonds is 2. The van der Waals surface area contributed by atoms with Crippen LogP contribution in [0, 0.1) is 6.92 Å². The van der Waals surface area contributed by atoms with Gasteiger partial charge >= 0.3 is 0 Å². The molecule has 132 valence electrons. The van der Waals surface area contributed by atoms with Crippen LogP contribution in [0.2, 0.25) is 0 Å². The molecule has 0 radical (unpaired) electrons. The lowest BCUT2D eigenvalue weighted by Gasteiger charge is -2.42. The maximum absolute atomic E-state index is 12.8. The predicted molar refractivity (Wildman–Crippen MR) is 87.8 cm³/mol. The Labute approximate surface area is 141 Å². The van der Waals surface area contributed by atoms with E-state index in [1.165, 1.54) is 9.21 Å². The summed E-state index contributed by atoms with van der Waals surface area (Å²) in [5.41, 5.74) is 0.928. The molecule has 0 bridgehead atoms. The zero-order valence-corrected chi connectivity index (χ0v) is 15.0. The standard InChI is InChI=1S/C14H19N3O5S2/c1-10-4-3-5-11(15-10)14(18)16-6-7-17(23(2,19)20)13-9-24(21,22)8-12(13)16/h3-5,12-13H,6-9H2,1-2H3/t12-,13+/m0/s1. The molecule has 3 rings (SSSR count). The lowest BCUT2D eigenvalue weighted by atomic mass is 10.1. The average Bonchev–Trinajstić information content (AvgIpc) is 2.78. The van der Waals surface area contributed by atoms with Crippen molar-refractivity contribution in [3.05, 3.63) is 29.6 Å². The molecule has 0 spiro atoms. The Morgan fingerprint density at radius 1 is 1.21 bits per heavy atom. The van der Waals surface area contributed by atoms with E-state index in [-0.39, 0.29) is 36.2 Å². The number of sulfonamides is 1. The Morgan fingerprint density at radius 3 is 2.50 bits per heavy atom. The van der Waals surface area contributed by atoms with E-state index < -0.39 is 31.9 Å². The third kappa shape index (κ3) is 3.17. The van der Waals surface area contributed by atoms with Gasteiger partial charge in [0, 0.05) is 18.8 Å².